The second kappa shape index (κ2) is 7.12. The third-order valence-corrected chi connectivity index (χ3v) is 3.92. The van der Waals surface area contributed by atoms with Crippen molar-refractivity contribution in [2.75, 3.05) is 11.9 Å². The number of nitrogens with one attached hydrogen (secondary N) is 3. The maximum absolute atomic E-state index is 12.1. The molecule has 0 aliphatic heterocycles. The summed E-state index contributed by atoms with van der Waals surface area (Å²) in [6, 6.07) is 7.08. The lowest BCUT2D eigenvalue weighted by molar-refractivity contribution is 0.252. The highest BCUT2D eigenvalue weighted by atomic mass is 16.2. The summed E-state index contributed by atoms with van der Waals surface area (Å²) in [6.45, 7) is 6.26. The predicted molar refractivity (Wildman–Crippen MR) is 92.7 cm³/mol. The molecule has 3 N–H and O–H groups in total. The molecule has 0 aliphatic carbocycles. The molecule has 0 bridgehead atoms. The summed E-state index contributed by atoms with van der Waals surface area (Å²) in [6.07, 6.45) is 0.728. The minimum absolute atomic E-state index is 0.260. The molecule has 0 aliphatic rings. The van der Waals surface area contributed by atoms with Crippen LogP contribution in [0.2, 0.25) is 0 Å². The molecule has 3 rings (SSSR count). The number of benzene rings is 1. The highest BCUT2D eigenvalue weighted by molar-refractivity contribution is 5.89. The van der Waals surface area contributed by atoms with Crippen LogP contribution in [0, 0.1) is 20.8 Å². The predicted octanol–water partition coefficient (Wildman–Crippen LogP) is 1.67. The fraction of sp³-hybridized carbons (Fsp3) is 0.312. The second-order valence-corrected chi connectivity index (χ2v) is 5.73. The molecule has 2 heterocycles. The third kappa shape index (κ3) is 3.82. The first-order valence-corrected chi connectivity index (χ1v) is 7.95. The van der Waals surface area contributed by atoms with Crippen LogP contribution >= 0.6 is 0 Å². The first-order valence-electron chi connectivity index (χ1n) is 7.95. The van der Waals surface area contributed by atoms with Crippen molar-refractivity contribution in [2.45, 2.75) is 27.2 Å². The van der Waals surface area contributed by atoms with Crippen LogP contribution in [0.3, 0.4) is 0 Å². The van der Waals surface area contributed by atoms with Gasteiger partial charge in [0.05, 0.1) is 11.4 Å². The van der Waals surface area contributed by atoms with E-state index in [1.54, 1.807) is 4.68 Å². The largest absolute Gasteiger partial charge is 0.338 e. The van der Waals surface area contributed by atoms with E-state index in [0.29, 0.717) is 18.1 Å². The van der Waals surface area contributed by atoms with Gasteiger partial charge in [0.2, 0.25) is 0 Å². The molecule has 25 heavy (non-hydrogen) atoms. The highest BCUT2D eigenvalue weighted by Gasteiger charge is 2.08. The van der Waals surface area contributed by atoms with Gasteiger partial charge in [-0.05, 0) is 61.4 Å². The van der Waals surface area contributed by atoms with E-state index in [0.717, 1.165) is 29.1 Å². The minimum Gasteiger partial charge on any atom is -0.338 e. The Morgan fingerprint density at radius 2 is 2.12 bits per heavy atom. The van der Waals surface area contributed by atoms with E-state index >= 15 is 0 Å². The molecule has 9 heteroatoms. The number of aryl methyl sites for hydroxylation is 3. The Balaban J connectivity index is 1.57. The summed E-state index contributed by atoms with van der Waals surface area (Å²) in [4.78, 5) is 12.1. The van der Waals surface area contributed by atoms with Crippen molar-refractivity contribution in [3.05, 3.63) is 47.0 Å². The molecule has 0 saturated carbocycles. The van der Waals surface area contributed by atoms with Crippen LogP contribution in [-0.4, -0.2) is 43.0 Å². The van der Waals surface area contributed by atoms with Crippen LogP contribution in [0.4, 0.5) is 10.5 Å². The zero-order valence-corrected chi connectivity index (χ0v) is 14.4. The van der Waals surface area contributed by atoms with Crippen molar-refractivity contribution in [1.29, 1.82) is 0 Å². The number of nitrogens with zero attached hydrogens (tertiary/aromatic N) is 5. The molecule has 130 valence electrons. The van der Waals surface area contributed by atoms with Crippen molar-refractivity contribution < 1.29 is 4.79 Å². The fourth-order valence-electron chi connectivity index (χ4n) is 2.60. The summed E-state index contributed by atoms with van der Waals surface area (Å²) in [5.41, 5.74) is 4.58. The van der Waals surface area contributed by atoms with Crippen LogP contribution in [0.5, 0.6) is 0 Å². The van der Waals surface area contributed by atoms with Crippen LogP contribution < -0.4 is 10.6 Å². The van der Waals surface area contributed by atoms with Crippen molar-refractivity contribution in [3.8, 4) is 5.69 Å². The molecule has 0 radical (unpaired) electrons. The number of urea groups is 1. The third-order valence-electron chi connectivity index (χ3n) is 3.92. The Kier molecular flexibility index (Phi) is 4.73. The van der Waals surface area contributed by atoms with Gasteiger partial charge < -0.3 is 10.6 Å². The lowest BCUT2D eigenvalue weighted by Gasteiger charge is -2.09. The van der Waals surface area contributed by atoms with Crippen LogP contribution in [-0.2, 0) is 6.42 Å². The molecule has 0 fully saturated rings. The first-order chi connectivity index (χ1) is 12.0. The Labute approximate surface area is 144 Å². The number of carbonyl (C=O) groups is 1. The van der Waals surface area contributed by atoms with E-state index in [4.69, 9.17) is 0 Å². The Morgan fingerprint density at radius 1 is 1.28 bits per heavy atom. The molecule has 2 amide bonds. The number of rotatable bonds is 5. The summed E-state index contributed by atoms with van der Waals surface area (Å²) in [7, 11) is 0. The molecule has 0 unspecified atom stereocenters. The minimum atomic E-state index is -0.260. The number of H-pyrrole nitrogens is 1. The van der Waals surface area contributed by atoms with Gasteiger partial charge in [-0.1, -0.05) is 6.07 Å². The molecule has 0 spiro atoms. The summed E-state index contributed by atoms with van der Waals surface area (Å²) in [5.74, 6) is 0.674. The molecule has 1 aromatic carbocycles. The van der Waals surface area contributed by atoms with Gasteiger partial charge in [0, 0.05) is 17.9 Å². The van der Waals surface area contributed by atoms with Crippen molar-refractivity contribution in [3.63, 3.8) is 0 Å². The molecule has 0 atom stereocenters. The van der Waals surface area contributed by atoms with Crippen LogP contribution in [0.15, 0.2) is 24.3 Å². The number of hydrogen-bond donors (Lipinski definition) is 3. The average molecular weight is 340 g/mol. The van der Waals surface area contributed by atoms with Crippen molar-refractivity contribution in [2.24, 2.45) is 0 Å². The number of aromatic nitrogens is 6. The maximum Gasteiger partial charge on any atom is 0.319 e. The molecule has 0 saturated heterocycles. The topological polar surface area (TPSA) is 113 Å². The van der Waals surface area contributed by atoms with Crippen LogP contribution in [0.1, 0.15) is 22.8 Å². The number of aromatic amines is 1. The van der Waals surface area contributed by atoms with Gasteiger partial charge >= 0.3 is 6.03 Å². The Hall–Kier alpha value is -3.23. The SMILES string of the molecule is Cc1n[nH]c(C)c1CCNC(=O)Nc1cccc(-n2nnnc2C)c1. The lowest BCUT2D eigenvalue weighted by Crippen LogP contribution is -2.30. The van der Waals surface area contributed by atoms with Gasteiger partial charge in [-0.3, -0.25) is 5.10 Å². The number of anilines is 1. The molecular formula is C16H20N8O. The molecular weight excluding hydrogens is 320 g/mol. The standard InChI is InChI=1S/C16H20N8O/c1-10-15(11(2)20-19-10)7-8-17-16(25)18-13-5-4-6-14(9-13)24-12(3)21-22-23-24/h4-6,9H,7-8H2,1-3H3,(H,19,20)(H2,17,18,25). The van der Waals surface area contributed by atoms with Gasteiger partial charge in [0.1, 0.15) is 0 Å². The summed E-state index contributed by atoms with van der Waals surface area (Å²) in [5, 5.41) is 24.2. The lowest BCUT2D eigenvalue weighted by atomic mass is 10.1. The van der Waals surface area contributed by atoms with E-state index < -0.39 is 0 Å². The average Bonchev–Trinajstić information content (AvgIpc) is 3.15. The van der Waals surface area contributed by atoms with E-state index in [1.165, 1.54) is 0 Å². The maximum atomic E-state index is 12.1. The Bertz CT molecular complexity index is 862. The molecule has 2 aromatic heterocycles. The van der Waals surface area contributed by atoms with E-state index in [1.807, 2.05) is 45.0 Å². The van der Waals surface area contributed by atoms with Gasteiger partial charge in [-0.15, -0.1) is 5.10 Å². The van der Waals surface area contributed by atoms with Gasteiger partial charge in [-0.2, -0.15) is 9.78 Å². The number of carbonyl (C=O) groups excluding carboxylic acids is 1. The van der Waals surface area contributed by atoms with Crippen LogP contribution in [0.25, 0.3) is 5.69 Å². The quantitative estimate of drug-likeness (QED) is 0.654. The van der Waals surface area contributed by atoms with E-state index in [-0.39, 0.29) is 6.03 Å². The Morgan fingerprint density at radius 3 is 2.80 bits per heavy atom. The smallest absolute Gasteiger partial charge is 0.319 e. The van der Waals surface area contributed by atoms with Gasteiger partial charge in [-0.25, -0.2) is 4.79 Å². The number of amides is 2. The second-order valence-electron chi connectivity index (χ2n) is 5.73. The normalized spacial score (nSPS) is 10.7. The fourth-order valence-corrected chi connectivity index (χ4v) is 2.60. The zero-order valence-electron chi connectivity index (χ0n) is 14.4. The van der Waals surface area contributed by atoms with Crippen molar-refractivity contribution in [1.82, 2.24) is 35.7 Å². The van der Waals surface area contributed by atoms with Gasteiger partial charge in [0.25, 0.3) is 0 Å². The monoisotopic (exact) mass is 340 g/mol. The zero-order chi connectivity index (χ0) is 17.8. The van der Waals surface area contributed by atoms with Gasteiger partial charge in [0.15, 0.2) is 5.82 Å². The summed E-state index contributed by atoms with van der Waals surface area (Å²) >= 11 is 0. The summed E-state index contributed by atoms with van der Waals surface area (Å²) < 4.78 is 1.60. The number of tetrazole rings is 1. The van der Waals surface area contributed by atoms with E-state index in [2.05, 4.69) is 36.4 Å². The first kappa shape index (κ1) is 16.6. The van der Waals surface area contributed by atoms with Crippen molar-refractivity contribution >= 4 is 11.7 Å². The number of hydrogen-bond acceptors (Lipinski definition) is 5. The molecule has 3 aromatic rings. The molecule has 9 nitrogen and oxygen atoms in total. The highest BCUT2D eigenvalue weighted by Crippen LogP contribution is 2.14. The van der Waals surface area contributed by atoms with E-state index in [9.17, 15) is 4.79 Å².